The number of rotatable bonds is 3. The topological polar surface area (TPSA) is 98.0 Å². The fourth-order valence-corrected chi connectivity index (χ4v) is 3.49. The molecule has 0 spiro atoms. The lowest BCUT2D eigenvalue weighted by Gasteiger charge is -2.29. The summed E-state index contributed by atoms with van der Waals surface area (Å²) in [4.78, 5) is 7.47. The largest absolute Gasteiger partial charge is 0.368 e. The van der Waals surface area contributed by atoms with Crippen molar-refractivity contribution in [3.63, 3.8) is 0 Å². The van der Waals surface area contributed by atoms with Crippen molar-refractivity contribution in [2.45, 2.75) is 43.5 Å². The van der Waals surface area contributed by atoms with E-state index in [4.69, 9.17) is 5.73 Å². The predicted octanol–water partition coefficient (Wildman–Crippen LogP) is 0.916. The van der Waals surface area contributed by atoms with Crippen LogP contribution in [0.5, 0.6) is 0 Å². The van der Waals surface area contributed by atoms with Gasteiger partial charge in [0.05, 0.1) is 12.4 Å². The molecule has 0 bridgehead atoms. The average Bonchev–Trinajstić information content (AvgIpc) is 2.32. The summed E-state index contributed by atoms with van der Waals surface area (Å²) < 4.78 is 27.0. The number of nitrogens with one attached hydrogen (secondary N) is 1. The Morgan fingerprint density at radius 1 is 1.28 bits per heavy atom. The molecule has 0 aromatic carbocycles. The third kappa shape index (κ3) is 2.97. The summed E-state index contributed by atoms with van der Waals surface area (Å²) >= 11 is 0. The number of anilines is 1. The van der Waals surface area contributed by atoms with Gasteiger partial charge in [-0.05, 0) is 18.8 Å². The molecular formula is C11H18N4O2S. The molecule has 1 aliphatic carbocycles. The number of nitrogen functional groups attached to an aromatic ring is 1. The van der Waals surface area contributed by atoms with Crippen LogP contribution in [0.25, 0.3) is 0 Å². The van der Waals surface area contributed by atoms with E-state index in [1.165, 1.54) is 18.8 Å². The van der Waals surface area contributed by atoms with Crippen molar-refractivity contribution >= 4 is 16.0 Å². The van der Waals surface area contributed by atoms with Gasteiger partial charge in [-0.2, -0.15) is 0 Å². The lowest BCUT2D eigenvalue weighted by Crippen LogP contribution is -2.41. The van der Waals surface area contributed by atoms with Crippen LogP contribution >= 0.6 is 0 Å². The highest BCUT2D eigenvalue weighted by Crippen LogP contribution is 2.25. The van der Waals surface area contributed by atoms with Crippen LogP contribution in [0.15, 0.2) is 17.3 Å². The van der Waals surface area contributed by atoms with Gasteiger partial charge in [-0.1, -0.05) is 19.8 Å². The van der Waals surface area contributed by atoms with Crippen LogP contribution in [0.3, 0.4) is 0 Å². The molecule has 2 atom stereocenters. The first-order valence-electron chi connectivity index (χ1n) is 6.09. The maximum atomic E-state index is 12.1. The summed E-state index contributed by atoms with van der Waals surface area (Å²) in [5.74, 6) is 0.434. The molecule has 1 fully saturated rings. The predicted molar refractivity (Wildman–Crippen MR) is 68.2 cm³/mol. The van der Waals surface area contributed by atoms with Crippen molar-refractivity contribution in [3.05, 3.63) is 12.4 Å². The molecule has 6 nitrogen and oxygen atoms in total. The summed E-state index contributed by atoms with van der Waals surface area (Å²) in [7, 11) is -3.54. The summed E-state index contributed by atoms with van der Waals surface area (Å²) in [5.41, 5.74) is 5.34. The lowest BCUT2D eigenvalue weighted by atomic mass is 9.87. The molecule has 1 aliphatic rings. The Kier molecular flexibility index (Phi) is 3.82. The minimum absolute atomic E-state index is 0.00121. The van der Waals surface area contributed by atoms with Gasteiger partial charge in [0.1, 0.15) is 4.90 Å². The van der Waals surface area contributed by atoms with Gasteiger partial charge in [0.15, 0.2) is 0 Å². The van der Waals surface area contributed by atoms with E-state index >= 15 is 0 Å². The van der Waals surface area contributed by atoms with Crippen molar-refractivity contribution in [2.24, 2.45) is 5.92 Å². The third-order valence-corrected chi connectivity index (χ3v) is 4.82. The summed E-state index contributed by atoms with van der Waals surface area (Å²) in [6, 6.07) is 0.00121. The van der Waals surface area contributed by atoms with Crippen LogP contribution in [0.4, 0.5) is 5.95 Å². The minimum atomic E-state index is -3.54. The number of nitrogens with zero attached hydrogens (tertiary/aromatic N) is 2. The first kappa shape index (κ1) is 13.2. The molecule has 1 aromatic heterocycles. The first-order valence-corrected chi connectivity index (χ1v) is 7.57. The number of hydrogen-bond acceptors (Lipinski definition) is 5. The Hall–Kier alpha value is -1.21. The normalized spacial score (nSPS) is 24.9. The van der Waals surface area contributed by atoms with E-state index < -0.39 is 10.0 Å². The standard InChI is InChI=1S/C11H18N4O2S/c1-8-4-2-3-5-10(8)15-18(16,17)9-6-13-11(12)14-7-9/h6-8,10,15H,2-5H2,1H3,(H2,12,13,14). The van der Waals surface area contributed by atoms with Crippen LogP contribution in [0, 0.1) is 5.92 Å². The number of aromatic nitrogens is 2. The van der Waals surface area contributed by atoms with Crippen molar-refractivity contribution in [1.29, 1.82) is 0 Å². The molecular weight excluding hydrogens is 252 g/mol. The van der Waals surface area contributed by atoms with Crippen molar-refractivity contribution < 1.29 is 8.42 Å². The first-order chi connectivity index (χ1) is 8.49. The Morgan fingerprint density at radius 2 is 1.89 bits per heavy atom. The number of sulfonamides is 1. The smallest absolute Gasteiger partial charge is 0.243 e. The van der Waals surface area contributed by atoms with Crippen molar-refractivity contribution in [2.75, 3.05) is 5.73 Å². The SMILES string of the molecule is CC1CCCCC1NS(=O)(=O)c1cnc(N)nc1. The molecule has 18 heavy (non-hydrogen) atoms. The number of nitrogens with two attached hydrogens (primary N) is 1. The highest BCUT2D eigenvalue weighted by molar-refractivity contribution is 7.89. The van der Waals surface area contributed by atoms with Gasteiger partial charge < -0.3 is 5.73 Å². The van der Waals surface area contributed by atoms with Gasteiger partial charge >= 0.3 is 0 Å². The maximum absolute atomic E-state index is 12.1. The quantitative estimate of drug-likeness (QED) is 0.851. The molecule has 1 heterocycles. The van der Waals surface area contributed by atoms with Crippen LogP contribution in [0.2, 0.25) is 0 Å². The zero-order chi connectivity index (χ0) is 13.2. The van der Waals surface area contributed by atoms with E-state index in [0.717, 1.165) is 19.3 Å². The molecule has 7 heteroatoms. The summed E-state index contributed by atoms with van der Waals surface area (Å²) in [6.07, 6.45) is 6.65. The van der Waals surface area contributed by atoms with E-state index in [-0.39, 0.29) is 16.9 Å². The summed E-state index contributed by atoms with van der Waals surface area (Å²) in [5, 5.41) is 0. The van der Waals surface area contributed by atoms with Gasteiger partial charge in [-0.15, -0.1) is 0 Å². The zero-order valence-electron chi connectivity index (χ0n) is 10.3. The highest BCUT2D eigenvalue weighted by atomic mass is 32.2. The highest BCUT2D eigenvalue weighted by Gasteiger charge is 2.27. The zero-order valence-corrected chi connectivity index (χ0v) is 11.2. The molecule has 1 aromatic rings. The molecule has 3 N–H and O–H groups in total. The summed E-state index contributed by atoms with van der Waals surface area (Å²) in [6.45, 7) is 2.08. The molecule has 0 amide bonds. The second kappa shape index (κ2) is 5.19. The Labute approximate surface area is 107 Å². The molecule has 100 valence electrons. The third-order valence-electron chi connectivity index (χ3n) is 3.38. The van der Waals surface area contributed by atoms with E-state index in [2.05, 4.69) is 21.6 Å². The van der Waals surface area contributed by atoms with E-state index in [1.54, 1.807) is 0 Å². The van der Waals surface area contributed by atoms with Crippen molar-refractivity contribution in [1.82, 2.24) is 14.7 Å². The van der Waals surface area contributed by atoms with Crippen molar-refractivity contribution in [3.8, 4) is 0 Å². The van der Waals surface area contributed by atoms with E-state index in [0.29, 0.717) is 5.92 Å². The maximum Gasteiger partial charge on any atom is 0.243 e. The van der Waals surface area contributed by atoms with E-state index in [9.17, 15) is 8.42 Å². The fraction of sp³-hybridized carbons (Fsp3) is 0.636. The molecule has 2 unspecified atom stereocenters. The van der Waals surface area contributed by atoms with Gasteiger partial charge in [-0.3, -0.25) is 0 Å². The average molecular weight is 270 g/mol. The van der Waals surface area contributed by atoms with Gasteiger partial charge in [-0.25, -0.2) is 23.1 Å². The Morgan fingerprint density at radius 3 is 2.50 bits per heavy atom. The molecule has 2 rings (SSSR count). The molecule has 0 aliphatic heterocycles. The van der Waals surface area contributed by atoms with Gasteiger partial charge in [0, 0.05) is 6.04 Å². The van der Waals surface area contributed by atoms with Crippen LogP contribution in [-0.2, 0) is 10.0 Å². The minimum Gasteiger partial charge on any atom is -0.368 e. The number of hydrogen-bond donors (Lipinski definition) is 2. The Bertz CT molecular complexity index is 500. The molecule has 0 saturated heterocycles. The fourth-order valence-electron chi connectivity index (χ4n) is 2.22. The second-order valence-electron chi connectivity index (χ2n) is 4.77. The van der Waals surface area contributed by atoms with E-state index in [1.807, 2.05) is 0 Å². The second-order valence-corrected chi connectivity index (χ2v) is 6.48. The van der Waals surface area contributed by atoms with Crippen LogP contribution in [-0.4, -0.2) is 24.4 Å². The van der Waals surface area contributed by atoms with Gasteiger partial charge in [0.2, 0.25) is 16.0 Å². The lowest BCUT2D eigenvalue weighted by molar-refractivity contribution is 0.310. The van der Waals surface area contributed by atoms with Crippen LogP contribution in [0.1, 0.15) is 32.6 Å². The van der Waals surface area contributed by atoms with Crippen LogP contribution < -0.4 is 10.5 Å². The van der Waals surface area contributed by atoms with Gasteiger partial charge in [0.25, 0.3) is 0 Å². The molecule has 1 saturated carbocycles. The Balaban J connectivity index is 2.13. The monoisotopic (exact) mass is 270 g/mol. The molecule has 0 radical (unpaired) electrons.